The third-order valence-corrected chi connectivity index (χ3v) is 4.20. The van der Waals surface area contributed by atoms with Gasteiger partial charge in [-0.05, 0) is 12.5 Å². The number of nitrogens with zero attached hydrogens (tertiary/aromatic N) is 3. The van der Waals surface area contributed by atoms with Gasteiger partial charge < -0.3 is 9.72 Å². The topological polar surface area (TPSA) is 97.8 Å². The van der Waals surface area contributed by atoms with Gasteiger partial charge in [0.2, 0.25) is 0 Å². The van der Waals surface area contributed by atoms with Crippen LogP contribution in [0, 0.1) is 0 Å². The molecule has 7 nitrogen and oxygen atoms in total. The number of carbonyl (C=O) groups excluding carboxylic acids is 1. The van der Waals surface area contributed by atoms with Crippen molar-refractivity contribution in [2.45, 2.75) is 22.9 Å². The predicted octanol–water partition coefficient (Wildman–Crippen LogP) is 0.888. The number of nitrogens with one attached hydrogen (secondary N) is 1. The predicted molar refractivity (Wildman–Crippen MR) is 74.7 cm³/mol. The Kier molecular flexibility index (Phi) is 5.24. The van der Waals surface area contributed by atoms with Crippen LogP contribution in [0.2, 0.25) is 0 Å². The normalized spacial score (nSPS) is 12.1. The summed E-state index contributed by atoms with van der Waals surface area (Å²) in [5.74, 6) is -0.303. The maximum absolute atomic E-state index is 11.8. The molecule has 9 heteroatoms. The van der Waals surface area contributed by atoms with E-state index < -0.39 is 5.69 Å². The highest BCUT2D eigenvalue weighted by atomic mass is 32.2. The Morgan fingerprint density at radius 2 is 2.45 bits per heavy atom. The third kappa shape index (κ3) is 4.42. The number of rotatable bonds is 6. The lowest BCUT2D eigenvalue weighted by atomic mass is 10.2. The molecule has 0 saturated heterocycles. The summed E-state index contributed by atoms with van der Waals surface area (Å²) in [5, 5.41) is 7.22. The van der Waals surface area contributed by atoms with Gasteiger partial charge in [-0.2, -0.15) is 0 Å². The van der Waals surface area contributed by atoms with Gasteiger partial charge in [-0.15, -0.1) is 10.2 Å². The Morgan fingerprint density at radius 1 is 1.60 bits per heavy atom. The second-order valence-corrected chi connectivity index (χ2v) is 6.23. The van der Waals surface area contributed by atoms with E-state index in [2.05, 4.69) is 20.2 Å². The molecule has 0 aliphatic carbocycles. The van der Waals surface area contributed by atoms with E-state index in [1.807, 2.05) is 0 Å². The van der Waals surface area contributed by atoms with Crippen LogP contribution in [0.15, 0.2) is 27.0 Å². The van der Waals surface area contributed by atoms with Crippen molar-refractivity contribution in [1.82, 2.24) is 20.2 Å². The second kappa shape index (κ2) is 7.15. The number of thioether (sulfide) groups is 1. The Morgan fingerprint density at radius 3 is 3.10 bits per heavy atom. The summed E-state index contributed by atoms with van der Waals surface area (Å²) in [6.07, 6.45) is 3.53. The van der Waals surface area contributed by atoms with Gasteiger partial charge in [0, 0.05) is 18.8 Å². The van der Waals surface area contributed by atoms with Crippen molar-refractivity contribution >= 4 is 29.1 Å². The van der Waals surface area contributed by atoms with E-state index in [0.717, 1.165) is 9.90 Å². The van der Waals surface area contributed by atoms with E-state index in [0.29, 0.717) is 6.42 Å². The van der Waals surface area contributed by atoms with Crippen LogP contribution in [0.25, 0.3) is 0 Å². The Bertz CT molecular complexity index is 594. The van der Waals surface area contributed by atoms with Gasteiger partial charge in [0.25, 0.3) is 0 Å². The summed E-state index contributed by atoms with van der Waals surface area (Å²) >= 11 is 2.70. The standard InChI is InChI=1S/C11H12N4O3S2/c1-7(20-11-15-14-6-19-11)9(16)18-3-2-8-4-12-10(17)13-5-8/h4-7H,2-3H2,1H3,(H,12,13,17). The van der Waals surface area contributed by atoms with Gasteiger partial charge in [-0.3, -0.25) is 4.79 Å². The zero-order chi connectivity index (χ0) is 14.4. The smallest absolute Gasteiger partial charge is 0.344 e. The van der Waals surface area contributed by atoms with Gasteiger partial charge in [0.1, 0.15) is 10.8 Å². The second-order valence-electron chi connectivity index (χ2n) is 3.81. The van der Waals surface area contributed by atoms with Gasteiger partial charge >= 0.3 is 11.7 Å². The first-order valence-electron chi connectivity index (χ1n) is 5.78. The Labute approximate surface area is 122 Å². The molecule has 106 valence electrons. The Balaban J connectivity index is 1.74. The highest BCUT2D eigenvalue weighted by molar-refractivity contribution is 8.02. The number of esters is 1. The summed E-state index contributed by atoms with van der Waals surface area (Å²) in [4.78, 5) is 28.6. The summed E-state index contributed by atoms with van der Waals surface area (Å²) in [6.45, 7) is 2.00. The molecular formula is C11H12N4O3S2. The van der Waals surface area contributed by atoms with Crippen molar-refractivity contribution in [2.75, 3.05) is 6.61 Å². The van der Waals surface area contributed by atoms with E-state index in [1.165, 1.54) is 29.3 Å². The molecule has 1 N–H and O–H groups in total. The van der Waals surface area contributed by atoms with Crippen molar-refractivity contribution in [3.05, 3.63) is 34.0 Å². The van der Waals surface area contributed by atoms with Crippen molar-refractivity contribution in [3.63, 3.8) is 0 Å². The number of carbonyl (C=O) groups is 1. The first kappa shape index (κ1) is 14.7. The van der Waals surface area contributed by atoms with Crippen LogP contribution in [0.1, 0.15) is 12.5 Å². The molecule has 20 heavy (non-hydrogen) atoms. The van der Waals surface area contributed by atoms with Crippen molar-refractivity contribution in [1.29, 1.82) is 0 Å². The SMILES string of the molecule is CC(Sc1nncs1)C(=O)OCCc1cnc(=O)[nH]c1. The zero-order valence-electron chi connectivity index (χ0n) is 10.6. The van der Waals surface area contributed by atoms with Crippen LogP contribution in [0.5, 0.6) is 0 Å². The molecule has 2 rings (SSSR count). The van der Waals surface area contributed by atoms with Crippen LogP contribution >= 0.6 is 23.1 Å². The summed E-state index contributed by atoms with van der Waals surface area (Å²) in [6, 6.07) is 0. The first-order chi connectivity index (χ1) is 9.65. The fourth-order valence-corrected chi connectivity index (χ4v) is 2.93. The molecule has 1 unspecified atom stereocenters. The number of aromatic nitrogens is 4. The van der Waals surface area contributed by atoms with Crippen LogP contribution < -0.4 is 5.69 Å². The van der Waals surface area contributed by atoms with Crippen LogP contribution in [-0.4, -0.2) is 38.0 Å². The lowest BCUT2D eigenvalue weighted by Gasteiger charge is -2.09. The zero-order valence-corrected chi connectivity index (χ0v) is 12.2. The summed E-state index contributed by atoms with van der Waals surface area (Å²) in [5.41, 5.74) is 2.03. The third-order valence-electron chi connectivity index (χ3n) is 2.31. The highest BCUT2D eigenvalue weighted by Gasteiger charge is 2.17. The largest absolute Gasteiger partial charge is 0.465 e. The maximum Gasteiger partial charge on any atom is 0.344 e. The molecule has 0 spiro atoms. The molecule has 2 heterocycles. The maximum atomic E-state index is 11.8. The summed E-state index contributed by atoms with van der Waals surface area (Å²) < 4.78 is 5.90. The minimum atomic E-state index is -0.396. The molecule has 2 aromatic rings. The number of ether oxygens (including phenoxy) is 1. The lowest BCUT2D eigenvalue weighted by Crippen LogP contribution is -2.18. The first-order valence-corrected chi connectivity index (χ1v) is 7.54. The van der Waals surface area contributed by atoms with Crippen molar-refractivity contribution in [2.24, 2.45) is 0 Å². The molecule has 0 aliphatic rings. The van der Waals surface area contributed by atoms with Gasteiger partial charge in [0.15, 0.2) is 4.34 Å². The molecule has 1 atom stereocenters. The fourth-order valence-electron chi connectivity index (χ4n) is 1.31. The van der Waals surface area contributed by atoms with E-state index in [1.54, 1.807) is 18.6 Å². The van der Waals surface area contributed by atoms with Crippen LogP contribution in [0.3, 0.4) is 0 Å². The highest BCUT2D eigenvalue weighted by Crippen LogP contribution is 2.24. The molecule has 0 aliphatic heterocycles. The molecular weight excluding hydrogens is 300 g/mol. The molecule has 0 fully saturated rings. The van der Waals surface area contributed by atoms with Crippen molar-refractivity contribution < 1.29 is 9.53 Å². The molecule has 0 bridgehead atoms. The van der Waals surface area contributed by atoms with Gasteiger partial charge in [0.05, 0.1) is 6.61 Å². The Hall–Kier alpha value is -1.74. The monoisotopic (exact) mass is 312 g/mol. The summed E-state index contributed by atoms with van der Waals surface area (Å²) in [7, 11) is 0. The van der Waals surface area contributed by atoms with Gasteiger partial charge in [-0.25, -0.2) is 9.78 Å². The number of hydrogen-bond acceptors (Lipinski definition) is 8. The molecule has 0 amide bonds. The van der Waals surface area contributed by atoms with E-state index in [9.17, 15) is 9.59 Å². The van der Waals surface area contributed by atoms with E-state index in [4.69, 9.17) is 4.74 Å². The molecule has 0 radical (unpaired) electrons. The number of H-pyrrole nitrogens is 1. The van der Waals surface area contributed by atoms with E-state index >= 15 is 0 Å². The van der Waals surface area contributed by atoms with Gasteiger partial charge in [-0.1, -0.05) is 23.1 Å². The molecule has 0 aromatic carbocycles. The quantitative estimate of drug-likeness (QED) is 0.624. The average Bonchev–Trinajstić information content (AvgIpc) is 2.93. The minimum Gasteiger partial charge on any atom is -0.465 e. The average molecular weight is 312 g/mol. The minimum absolute atomic E-state index is 0.244. The molecule has 2 aromatic heterocycles. The number of aromatic amines is 1. The van der Waals surface area contributed by atoms with Crippen LogP contribution in [-0.2, 0) is 16.0 Å². The number of hydrogen-bond donors (Lipinski definition) is 1. The van der Waals surface area contributed by atoms with Crippen molar-refractivity contribution in [3.8, 4) is 0 Å². The molecule has 0 saturated carbocycles. The fraction of sp³-hybridized carbons (Fsp3) is 0.364. The lowest BCUT2D eigenvalue weighted by molar-refractivity contribution is -0.142. The van der Waals surface area contributed by atoms with Crippen LogP contribution in [0.4, 0.5) is 0 Å². The van der Waals surface area contributed by atoms with E-state index in [-0.39, 0.29) is 17.8 Å².